The maximum atomic E-state index is 12.3. The lowest BCUT2D eigenvalue weighted by atomic mass is 10.0. The minimum absolute atomic E-state index is 0.155. The van der Waals surface area contributed by atoms with E-state index < -0.39 is 11.7 Å². The van der Waals surface area contributed by atoms with Crippen LogP contribution in [-0.4, -0.2) is 19.0 Å². The molecule has 1 unspecified atom stereocenters. The van der Waals surface area contributed by atoms with Gasteiger partial charge < -0.3 is 4.74 Å². The molecule has 1 aromatic rings. The molecule has 17 heavy (non-hydrogen) atoms. The summed E-state index contributed by atoms with van der Waals surface area (Å²) >= 11 is 0. The van der Waals surface area contributed by atoms with Crippen LogP contribution in [0.15, 0.2) is 24.3 Å². The molecule has 0 heterocycles. The molecule has 1 atom stereocenters. The number of alkyl halides is 3. The lowest BCUT2D eigenvalue weighted by Crippen LogP contribution is -2.13. The van der Waals surface area contributed by atoms with Crippen molar-refractivity contribution in [2.45, 2.75) is 25.6 Å². The van der Waals surface area contributed by atoms with Gasteiger partial charge in [-0.1, -0.05) is 12.1 Å². The molecule has 94 valence electrons. The summed E-state index contributed by atoms with van der Waals surface area (Å²) in [5.41, 5.74) is -0.490. The molecule has 0 aliphatic heterocycles. The van der Waals surface area contributed by atoms with Crippen LogP contribution in [0.2, 0.25) is 0 Å². The predicted octanol–water partition coefficient (Wildman–Crippen LogP) is 3.31. The number of benzene rings is 1. The molecule has 2 nitrogen and oxygen atoms in total. The van der Waals surface area contributed by atoms with E-state index in [4.69, 9.17) is 4.74 Å². The molecule has 0 aliphatic carbocycles. The monoisotopic (exact) mass is 246 g/mol. The first-order valence-electron chi connectivity index (χ1n) is 5.08. The molecular formula is C12H13F3O2. The van der Waals surface area contributed by atoms with E-state index in [2.05, 4.69) is 0 Å². The highest BCUT2D eigenvalue weighted by atomic mass is 19.4. The Balaban J connectivity index is 2.78. The van der Waals surface area contributed by atoms with E-state index in [1.54, 1.807) is 6.92 Å². The second-order valence-electron chi connectivity index (χ2n) is 3.75. The number of rotatable bonds is 4. The van der Waals surface area contributed by atoms with Crippen LogP contribution >= 0.6 is 0 Å². The molecular weight excluding hydrogens is 233 g/mol. The van der Waals surface area contributed by atoms with E-state index >= 15 is 0 Å². The first kappa shape index (κ1) is 13.7. The normalized spacial score (nSPS) is 13.5. The lowest BCUT2D eigenvalue weighted by molar-refractivity contribution is -0.137. The maximum absolute atomic E-state index is 12.3. The zero-order valence-electron chi connectivity index (χ0n) is 9.54. The van der Waals surface area contributed by atoms with Gasteiger partial charge in [0.05, 0.1) is 11.7 Å². The van der Waals surface area contributed by atoms with Gasteiger partial charge in [-0.25, -0.2) is 0 Å². The Morgan fingerprint density at radius 2 is 1.82 bits per heavy atom. The van der Waals surface area contributed by atoms with E-state index in [0.29, 0.717) is 0 Å². The Morgan fingerprint density at radius 3 is 2.24 bits per heavy atom. The molecule has 0 N–H and O–H groups in total. The van der Waals surface area contributed by atoms with Crippen molar-refractivity contribution in [1.82, 2.24) is 0 Å². The highest BCUT2D eigenvalue weighted by molar-refractivity contribution is 5.96. The van der Waals surface area contributed by atoms with Gasteiger partial charge in [0, 0.05) is 19.1 Å². The van der Waals surface area contributed by atoms with Gasteiger partial charge in [0.25, 0.3) is 0 Å². The number of Topliss-reactive ketones (excluding diaryl/α,β-unsaturated/α-hetero) is 1. The van der Waals surface area contributed by atoms with Gasteiger partial charge in [-0.15, -0.1) is 0 Å². The van der Waals surface area contributed by atoms with Gasteiger partial charge in [0.15, 0.2) is 5.78 Å². The summed E-state index contributed by atoms with van der Waals surface area (Å²) in [6, 6.07) is 4.19. The third kappa shape index (κ3) is 3.85. The van der Waals surface area contributed by atoms with Crippen molar-refractivity contribution in [2.75, 3.05) is 7.11 Å². The molecule has 0 saturated heterocycles. The minimum atomic E-state index is -4.37. The summed E-state index contributed by atoms with van der Waals surface area (Å²) < 4.78 is 41.8. The third-order valence-electron chi connectivity index (χ3n) is 2.41. The quantitative estimate of drug-likeness (QED) is 0.762. The average Bonchev–Trinajstić information content (AvgIpc) is 2.27. The Hall–Kier alpha value is -1.36. The summed E-state index contributed by atoms with van der Waals surface area (Å²) in [6.45, 7) is 1.72. The van der Waals surface area contributed by atoms with E-state index in [1.165, 1.54) is 19.2 Å². The Labute approximate surface area is 97.4 Å². The molecule has 5 heteroatoms. The van der Waals surface area contributed by atoms with Crippen LogP contribution < -0.4 is 0 Å². The Bertz CT molecular complexity index is 382. The van der Waals surface area contributed by atoms with Crippen molar-refractivity contribution in [3.05, 3.63) is 35.4 Å². The number of methoxy groups -OCH3 is 1. The first-order chi connectivity index (χ1) is 7.84. The summed E-state index contributed by atoms with van der Waals surface area (Å²) in [5, 5.41) is 0. The van der Waals surface area contributed by atoms with Crippen molar-refractivity contribution in [1.29, 1.82) is 0 Å². The maximum Gasteiger partial charge on any atom is 0.416 e. The molecule has 0 aromatic heterocycles. The summed E-state index contributed by atoms with van der Waals surface area (Å²) in [7, 11) is 1.48. The van der Waals surface area contributed by atoms with Crippen molar-refractivity contribution < 1.29 is 22.7 Å². The summed E-state index contributed by atoms with van der Waals surface area (Å²) in [5.74, 6) is -0.229. The molecule has 0 aliphatic rings. The average molecular weight is 246 g/mol. The fourth-order valence-electron chi connectivity index (χ4n) is 1.31. The number of halogens is 3. The van der Waals surface area contributed by atoms with Crippen molar-refractivity contribution in [2.24, 2.45) is 0 Å². The topological polar surface area (TPSA) is 26.3 Å². The predicted molar refractivity (Wildman–Crippen MR) is 56.9 cm³/mol. The smallest absolute Gasteiger partial charge is 0.381 e. The number of carbonyl (C=O) groups excluding carboxylic acids is 1. The number of hydrogen-bond donors (Lipinski definition) is 0. The van der Waals surface area contributed by atoms with Crippen LogP contribution in [0.25, 0.3) is 0 Å². The molecule has 0 saturated carbocycles. The number of hydrogen-bond acceptors (Lipinski definition) is 2. The Kier molecular flexibility index (Phi) is 4.28. The molecule has 0 radical (unpaired) electrons. The van der Waals surface area contributed by atoms with Crippen LogP contribution in [0, 0.1) is 0 Å². The largest absolute Gasteiger partial charge is 0.416 e. The zero-order valence-corrected chi connectivity index (χ0v) is 9.54. The zero-order chi connectivity index (χ0) is 13.1. The molecule has 1 aromatic carbocycles. The first-order valence-corrected chi connectivity index (χ1v) is 5.08. The van der Waals surface area contributed by atoms with E-state index in [0.717, 1.165) is 12.1 Å². The highest BCUT2D eigenvalue weighted by Gasteiger charge is 2.30. The summed E-state index contributed by atoms with van der Waals surface area (Å²) in [4.78, 5) is 11.6. The fourth-order valence-corrected chi connectivity index (χ4v) is 1.31. The molecule has 0 fully saturated rings. The fraction of sp³-hybridized carbons (Fsp3) is 0.417. The van der Waals surface area contributed by atoms with Crippen molar-refractivity contribution in [3.8, 4) is 0 Å². The van der Waals surface area contributed by atoms with Gasteiger partial charge in [-0.2, -0.15) is 13.2 Å². The van der Waals surface area contributed by atoms with Crippen LogP contribution in [0.4, 0.5) is 13.2 Å². The molecule has 0 amide bonds. The van der Waals surface area contributed by atoms with Crippen LogP contribution in [0.1, 0.15) is 29.3 Å². The van der Waals surface area contributed by atoms with Crippen molar-refractivity contribution >= 4 is 5.78 Å². The second kappa shape index (κ2) is 5.31. The molecule has 0 spiro atoms. The van der Waals surface area contributed by atoms with Crippen LogP contribution in [-0.2, 0) is 10.9 Å². The van der Waals surface area contributed by atoms with E-state index in [9.17, 15) is 18.0 Å². The van der Waals surface area contributed by atoms with Crippen LogP contribution in [0.5, 0.6) is 0 Å². The van der Waals surface area contributed by atoms with E-state index in [-0.39, 0.29) is 23.9 Å². The number of carbonyl (C=O) groups is 1. The highest BCUT2D eigenvalue weighted by Crippen LogP contribution is 2.29. The SMILES string of the molecule is COC(C)CC(=O)c1ccc(C(F)(F)F)cc1. The number of ether oxygens (including phenoxy) is 1. The summed E-state index contributed by atoms with van der Waals surface area (Å²) in [6.07, 6.45) is -4.46. The van der Waals surface area contributed by atoms with Crippen LogP contribution in [0.3, 0.4) is 0 Å². The Morgan fingerprint density at radius 1 is 1.29 bits per heavy atom. The number of ketones is 1. The molecule has 1 rings (SSSR count). The van der Waals surface area contributed by atoms with Gasteiger partial charge in [-0.05, 0) is 19.1 Å². The minimum Gasteiger partial charge on any atom is -0.381 e. The molecule has 0 bridgehead atoms. The second-order valence-corrected chi connectivity index (χ2v) is 3.75. The van der Waals surface area contributed by atoms with Gasteiger partial charge in [0.1, 0.15) is 0 Å². The van der Waals surface area contributed by atoms with E-state index in [1.807, 2.05) is 0 Å². The van der Waals surface area contributed by atoms with Gasteiger partial charge in [-0.3, -0.25) is 4.79 Å². The standard InChI is InChI=1S/C12H13F3O2/c1-8(17-2)7-11(16)9-3-5-10(6-4-9)12(13,14)15/h3-6,8H,7H2,1-2H3. The van der Waals surface area contributed by atoms with Crippen molar-refractivity contribution in [3.63, 3.8) is 0 Å². The lowest BCUT2D eigenvalue weighted by Gasteiger charge is -2.09. The van der Waals surface area contributed by atoms with Gasteiger partial charge >= 0.3 is 6.18 Å². The third-order valence-corrected chi connectivity index (χ3v) is 2.41. The van der Waals surface area contributed by atoms with Gasteiger partial charge in [0.2, 0.25) is 0 Å².